The van der Waals surface area contributed by atoms with Gasteiger partial charge >= 0.3 is 0 Å². The molecule has 1 aliphatic heterocycles. The van der Waals surface area contributed by atoms with Crippen LogP contribution in [0.3, 0.4) is 0 Å². The number of nitrogens with zero attached hydrogens (tertiary/aromatic N) is 2. The zero-order valence-corrected chi connectivity index (χ0v) is 6.86. The molecule has 0 fully saturated rings. The second kappa shape index (κ2) is 2.81. The van der Waals surface area contributed by atoms with Gasteiger partial charge in [0.15, 0.2) is 5.84 Å². The number of hydrogen-bond acceptors (Lipinski definition) is 1. The monoisotopic (exact) mass is 157 g/mol. The second-order valence-corrected chi connectivity index (χ2v) is 2.75. The van der Waals surface area contributed by atoms with E-state index in [2.05, 4.69) is 29.4 Å². The maximum Gasteiger partial charge on any atom is 0.159 e. The normalized spacial score (nSPS) is 14.2. The van der Waals surface area contributed by atoms with Crippen molar-refractivity contribution in [3.8, 4) is 0 Å². The van der Waals surface area contributed by atoms with Gasteiger partial charge in [-0.15, -0.1) is 0 Å². The Kier molecular flexibility index (Phi) is 1.67. The highest BCUT2D eigenvalue weighted by Gasteiger charge is 2.04. The molecule has 1 heterocycles. The molecule has 1 aromatic rings. The summed E-state index contributed by atoms with van der Waals surface area (Å²) in [6.45, 7) is 2.07. The van der Waals surface area contributed by atoms with E-state index < -0.39 is 0 Å². The summed E-state index contributed by atoms with van der Waals surface area (Å²) in [7, 11) is 0. The van der Waals surface area contributed by atoms with Gasteiger partial charge in [0.2, 0.25) is 0 Å². The lowest BCUT2D eigenvalue weighted by Gasteiger charge is -1.99. The molecular weight excluding hydrogens is 148 g/mol. The summed E-state index contributed by atoms with van der Waals surface area (Å²) in [4.78, 5) is 4.11. The SMILES string of the molecule is Cc1ccc(C2=NC=C[N]2)cc1. The predicted molar refractivity (Wildman–Crippen MR) is 49.0 cm³/mol. The van der Waals surface area contributed by atoms with Crippen LogP contribution in [0.4, 0.5) is 0 Å². The van der Waals surface area contributed by atoms with Gasteiger partial charge in [0.05, 0.1) is 0 Å². The fraction of sp³-hybridized carbons (Fsp3) is 0.100. The smallest absolute Gasteiger partial charge is 0.159 e. The summed E-state index contributed by atoms with van der Waals surface area (Å²) in [6.07, 6.45) is 3.41. The molecule has 0 amide bonds. The van der Waals surface area contributed by atoms with Gasteiger partial charge in [-0.2, -0.15) is 0 Å². The highest BCUT2D eigenvalue weighted by Crippen LogP contribution is 2.06. The summed E-state index contributed by atoms with van der Waals surface area (Å²) >= 11 is 0. The Bertz CT molecular complexity index is 333. The van der Waals surface area contributed by atoms with Crippen molar-refractivity contribution in [3.63, 3.8) is 0 Å². The van der Waals surface area contributed by atoms with Crippen LogP contribution in [-0.2, 0) is 0 Å². The Morgan fingerprint density at radius 3 is 2.33 bits per heavy atom. The average molecular weight is 157 g/mol. The Hall–Kier alpha value is -1.57. The van der Waals surface area contributed by atoms with Crippen LogP contribution in [0, 0.1) is 6.92 Å². The zero-order chi connectivity index (χ0) is 8.39. The molecule has 0 saturated carbocycles. The van der Waals surface area contributed by atoms with Crippen molar-refractivity contribution in [1.82, 2.24) is 5.32 Å². The van der Waals surface area contributed by atoms with Crippen molar-refractivity contribution >= 4 is 5.84 Å². The first kappa shape index (κ1) is 7.10. The third-order valence-corrected chi connectivity index (χ3v) is 1.77. The van der Waals surface area contributed by atoms with Crippen molar-refractivity contribution in [1.29, 1.82) is 0 Å². The first-order valence-electron chi connectivity index (χ1n) is 3.87. The topological polar surface area (TPSA) is 26.5 Å². The molecule has 0 unspecified atom stereocenters. The minimum atomic E-state index is 0.801. The van der Waals surface area contributed by atoms with E-state index in [1.165, 1.54) is 5.56 Å². The molecule has 2 heteroatoms. The molecule has 0 atom stereocenters. The van der Waals surface area contributed by atoms with Gasteiger partial charge in [-0.25, -0.2) is 10.3 Å². The lowest BCUT2D eigenvalue weighted by molar-refractivity contribution is 1.28. The van der Waals surface area contributed by atoms with Crippen LogP contribution in [0.15, 0.2) is 41.7 Å². The van der Waals surface area contributed by atoms with Crippen LogP contribution in [0.1, 0.15) is 11.1 Å². The molecular formula is C10H9N2. The number of benzene rings is 1. The van der Waals surface area contributed by atoms with Crippen LogP contribution in [0.2, 0.25) is 0 Å². The standard InChI is InChI=1S/C10H9N2/c1-8-2-4-9(5-3-8)10-11-6-7-12-10/h2-7H,1H3. The highest BCUT2D eigenvalue weighted by molar-refractivity contribution is 6.00. The summed E-state index contributed by atoms with van der Waals surface area (Å²) in [5, 5.41) is 4.11. The van der Waals surface area contributed by atoms with Crippen molar-refractivity contribution in [2.45, 2.75) is 6.92 Å². The van der Waals surface area contributed by atoms with E-state index in [0.29, 0.717) is 0 Å². The molecule has 0 N–H and O–H groups in total. The van der Waals surface area contributed by atoms with Crippen molar-refractivity contribution in [3.05, 3.63) is 47.8 Å². The van der Waals surface area contributed by atoms with Crippen molar-refractivity contribution in [2.24, 2.45) is 4.99 Å². The van der Waals surface area contributed by atoms with Gasteiger partial charge in [-0.1, -0.05) is 29.8 Å². The molecule has 0 saturated heterocycles. The van der Waals surface area contributed by atoms with Gasteiger partial charge in [-0.05, 0) is 6.92 Å². The maximum absolute atomic E-state index is 4.11. The number of hydrogen-bond donors (Lipinski definition) is 0. The molecule has 2 rings (SSSR count). The van der Waals surface area contributed by atoms with Gasteiger partial charge in [0.25, 0.3) is 0 Å². The lowest BCUT2D eigenvalue weighted by atomic mass is 10.1. The Morgan fingerprint density at radius 1 is 1.00 bits per heavy atom. The Morgan fingerprint density at radius 2 is 1.75 bits per heavy atom. The van der Waals surface area contributed by atoms with Crippen molar-refractivity contribution in [2.75, 3.05) is 0 Å². The molecule has 2 nitrogen and oxygen atoms in total. The molecule has 0 bridgehead atoms. The van der Waals surface area contributed by atoms with E-state index in [4.69, 9.17) is 0 Å². The first-order chi connectivity index (χ1) is 5.86. The summed E-state index contributed by atoms with van der Waals surface area (Å²) in [5.74, 6) is 0.801. The van der Waals surface area contributed by atoms with Gasteiger partial charge in [0.1, 0.15) is 0 Å². The molecule has 0 aromatic heterocycles. The largest absolute Gasteiger partial charge is 0.235 e. The fourth-order valence-corrected chi connectivity index (χ4v) is 1.09. The molecule has 0 spiro atoms. The molecule has 0 aliphatic carbocycles. The zero-order valence-electron chi connectivity index (χ0n) is 6.86. The molecule has 1 aliphatic rings. The predicted octanol–water partition coefficient (Wildman–Crippen LogP) is 1.83. The van der Waals surface area contributed by atoms with E-state index >= 15 is 0 Å². The van der Waals surface area contributed by atoms with E-state index in [1.807, 2.05) is 12.1 Å². The minimum Gasteiger partial charge on any atom is -0.235 e. The Labute approximate surface area is 71.6 Å². The average Bonchev–Trinajstić information content (AvgIpc) is 2.58. The van der Waals surface area contributed by atoms with Crippen LogP contribution in [-0.4, -0.2) is 5.84 Å². The molecule has 12 heavy (non-hydrogen) atoms. The summed E-state index contributed by atoms with van der Waals surface area (Å²) < 4.78 is 0. The van der Waals surface area contributed by atoms with Crippen LogP contribution in [0.25, 0.3) is 0 Å². The lowest BCUT2D eigenvalue weighted by Crippen LogP contribution is -2.07. The molecule has 1 radical (unpaired) electrons. The number of aryl methyl sites for hydroxylation is 1. The molecule has 1 aromatic carbocycles. The molecule has 59 valence electrons. The third-order valence-electron chi connectivity index (χ3n) is 1.77. The minimum absolute atomic E-state index is 0.801. The fourth-order valence-electron chi connectivity index (χ4n) is 1.09. The van der Waals surface area contributed by atoms with Crippen LogP contribution in [0.5, 0.6) is 0 Å². The van der Waals surface area contributed by atoms with Crippen LogP contribution >= 0.6 is 0 Å². The number of amidine groups is 1. The van der Waals surface area contributed by atoms with E-state index in [1.54, 1.807) is 12.4 Å². The van der Waals surface area contributed by atoms with Crippen LogP contribution < -0.4 is 5.32 Å². The van der Waals surface area contributed by atoms with Gasteiger partial charge in [-0.3, -0.25) is 0 Å². The number of aliphatic imine (C=N–C) groups is 1. The quantitative estimate of drug-likeness (QED) is 0.594. The maximum atomic E-state index is 4.11. The van der Waals surface area contributed by atoms with E-state index in [0.717, 1.165) is 11.4 Å². The summed E-state index contributed by atoms with van der Waals surface area (Å²) in [6, 6.07) is 8.19. The number of rotatable bonds is 1. The first-order valence-corrected chi connectivity index (χ1v) is 3.87. The van der Waals surface area contributed by atoms with Gasteiger partial charge < -0.3 is 0 Å². The van der Waals surface area contributed by atoms with Crippen molar-refractivity contribution < 1.29 is 0 Å². The van der Waals surface area contributed by atoms with E-state index in [9.17, 15) is 0 Å². The summed E-state index contributed by atoms with van der Waals surface area (Å²) in [5.41, 5.74) is 2.33. The Balaban J connectivity index is 2.30. The second-order valence-electron chi connectivity index (χ2n) is 2.75. The third kappa shape index (κ3) is 1.23. The highest BCUT2D eigenvalue weighted by atomic mass is 15.0. The van der Waals surface area contributed by atoms with Gasteiger partial charge in [0, 0.05) is 18.0 Å². The van der Waals surface area contributed by atoms with E-state index in [-0.39, 0.29) is 0 Å².